The van der Waals surface area contributed by atoms with Gasteiger partial charge in [-0.05, 0) is 25.2 Å². The molecule has 18 heavy (non-hydrogen) atoms. The van der Waals surface area contributed by atoms with Crippen LogP contribution in [-0.4, -0.2) is 18.0 Å². The van der Waals surface area contributed by atoms with E-state index < -0.39 is 5.54 Å². The van der Waals surface area contributed by atoms with Crippen LogP contribution in [0.2, 0.25) is 0 Å². The van der Waals surface area contributed by atoms with Crippen molar-refractivity contribution in [3.63, 3.8) is 0 Å². The molecule has 108 valence electrons. The van der Waals surface area contributed by atoms with Crippen LogP contribution >= 0.6 is 12.4 Å². The summed E-state index contributed by atoms with van der Waals surface area (Å²) < 4.78 is 0. The maximum atomic E-state index is 12.0. The van der Waals surface area contributed by atoms with Crippen molar-refractivity contribution < 1.29 is 4.79 Å². The van der Waals surface area contributed by atoms with Gasteiger partial charge in [-0.1, -0.05) is 46.0 Å². The highest BCUT2D eigenvalue weighted by Gasteiger charge is 2.36. The lowest BCUT2D eigenvalue weighted by Crippen LogP contribution is -2.52. The fourth-order valence-electron chi connectivity index (χ4n) is 2.59. The Morgan fingerprint density at radius 3 is 2.44 bits per heavy atom. The molecule has 1 saturated carbocycles. The second kappa shape index (κ2) is 8.76. The van der Waals surface area contributed by atoms with Gasteiger partial charge in [0.05, 0.1) is 5.54 Å². The molecule has 0 bridgehead atoms. The van der Waals surface area contributed by atoms with E-state index in [0.29, 0.717) is 5.92 Å². The number of nitrogens with two attached hydrogens (primary N) is 1. The molecule has 1 amide bonds. The Bertz CT molecular complexity index is 240. The van der Waals surface area contributed by atoms with Gasteiger partial charge in [0.1, 0.15) is 0 Å². The SMILES string of the molecule is CCCCC(CC)CNC(=O)C1(N)CCCC1.Cl. The molecule has 0 aliphatic heterocycles. The van der Waals surface area contributed by atoms with E-state index in [-0.39, 0.29) is 18.3 Å². The zero-order valence-electron chi connectivity index (χ0n) is 11.8. The number of carbonyl (C=O) groups is 1. The quantitative estimate of drug-likeness (QED) is 0.751. The monoisotopic (exact) mass is 276 g/mol. The second-order valence-corrected chi connectivity index (χ2v) is 5.49. The van der Waals surface area contributed by atoms with Crippen molar-refractivity contribution in [3.05, 3.63) is 0 Å². The van der Waals surface area contributed by atoms with Crippen LogP contribution in [0.3, 0.4) is 0 Å². The van der Waals surface area contributed by atoms with E-state index in [0.717, 1.165) is 38.6 Å². The van der Waals surface area contributed by atoms with E-state index in [2.05, 4.69) is 19.2 Å². The van der Waals surface area contributed by atoms with Gasteiger partial charge in [-0.3, -0.25) is 4.79 Å². The molecule has 1 unspecified atom stereocenters. The summed E-state index contributed by atoms with van der Waals surface area (Å²) in [6.45, 7) is 5.20. The Balaban J connectivity index is 0.00000289. The van der Waals surface area contributed by atoms with Crippen LogP contribution in [-0.2, 0) is 4.79 Å². The molecule has 1 aliphatic carbocycles. The predicted octanol–water partition coefficient (Wildman–Crippen LogP) is 3.01. The Kier molecular flexibility index (Phi) is 8.62. The first-order chi connectivity index (χ1) is 8.12. The third-order valence-corrected chi connectivity index (χ3v) is 4.04. The number of amides is 1. The van der Waals surface area contributed by atoms with Gasteiger partial charge in [-0.2, -0.15) is 0 Å². The van der Waals surface area contributed by atoms with Gasteiger partial charge in [0.2, 0.25) is 5.91 Å². The van der Waals surface area contributed by atoms with Gasteiger partial charge < -0.3 is 11.1 Å². The Labute approximate surface area is 118 Å². The summed E-state index contributed by atoms with van der Waals surface area (Å²) in [6.07, 6.45) is 8.72. The molecule has 0 aromatic heterocycles. The van der Waals surface area contributed by atoms with E-state index in [9.17, 15) is 4.79 Å². The van der Waals surface area contributed by atoms with Crippen LogP contribution in [0.25, 0.3) is 0 Å². The first-order valence-electron chi connectivity index (χ1n) is 7.19. The van der Waals surface area contributed by atoms with Crippen molar-refractivity contribution in [1.29, 1.82) is 0 Å². The van der Waals surface area contributed by atoms with Crippen LogP contribution in [0.15, 0.2) is 0 Å². The first-order valence-corrected chi connectivity index (χ1v) is 7.19. The fourth-order valence-corrected chi connectivity index (χ4v) is 2.59. The molecular weight excluding hydrogens is 248 g/mol. The molecule has 0 radical (unpaired) electrons. The largest absolute Gasteiger partial charge is 0.354 e. The van der Waals surface area contributed by atoms with Crippen LogP contribution in [0.5, 0.6) is 0 Å². The molecule has 1 aliphatic rings. The highest BCUT2D eigenvalue weighted by Crippen LogP contribution is 2.27. The average Bonchev–Trinajstić information content (AvgIpc) is 2.77. The van der Waals surface area contributed by atoms with Crippen molar-refractivity contribution in [2.24, 2.45) is 11.7 Å². The number of nitrogens with one attached hydrogen (secondary N) is 1. The summed E-state index contributed by atoms with van der Waals surface area (Å²) in [7, 11) is 0. The highest BCUT2D eigenvalue weighted by atomic mass is 35.5. The molecule has 4 heteroatoms. The number of hydrogen-bond acceptors (Lipinski definition) is 2. The van der Waals surface area contributed by atoms with E-state index in [1.165, 1.54) is 19.3 Å². The zero-order valence-corrected chi connectivity index (χ0v) is 12.7. The summed E-state index contributed by atoms with van der Waals surface area (Å²) in [5.41, 5.74) is 5.55. The van der Waals surface area contributed by atoms with E-state index in [1.807, 2.05) is 0 Å². The van der Waals surface area contributed by atoms with Crippen LogP contribution in [0, 0.1) is 5.92 Å². The number of unbranched alkanes of at least 4 members (excludes halogenated alkanes) is 1. The molecule has 1 atom stereocenters. The molecule has 3 N–H and O–H groups in total. The van der Waals surface area contributed by atoms with Gasteiger partial charge in [0, 0.05) is 6.54 Å². The molecule has 3 nitrogen and oxygen atoms in total. The lowest BCUT2D eigenvalue weighted by molar-refractivity contribution is -0.126. The van der Waals surface area contributed by atoms with Crippen LogP contribution in [0.4, 0.5) is 0 Å². The molecule has 1 rings (SSSR count). The van der Waals surface area contributed by atoms with Crippen molar-refractivity contribution in [2.75, 3.05) is 6.54 Å². The van der Waals surface area contributed by atoms with Crippen molar-refractivity contribution in [1.82, 2.24) is 5.32 Å². The predicted molar refractivity (Wildman–Crippen MR) is 79.0 cm³/mol. The number of halogens is 1. The minimum atomic E-state index is -0.566. The normalized spacial score (nSPS) is 19.1. The van der Waals surface area contributed by atoms with E-state index >= 15 is 0 Å². The summed E-state index contributed by atoms with van der Waals surface area (Å²) in [5.74, 6) is 0.689. The molecule has 0 heterocycles. The lowest BCUT2D eigenvalue weighted by atomic mass is 9.96. The van der Waals surface area contributed by atoms with E-state index in [1.54, 1.807) is 0 Å². The molecule has 0 saturated heterocycles. The number of hydrogen-bond donors (Lipinski definition) is 2. The minimum absolute atomic E-state index is 0. The fraction of sp³-hybridized carbons (Fsp3) is 0.929. The van der Waals surface area contributed by atoms with Crippen molar-refractivity contribution in [3.8, 4) is 0 Å². The summed E-state index contributed by atoms with van der Waals surface area (Å²) >= 11 is 0. The standard InChI is InChI=1S/C14H28N2O.ClH/c1-3-5-8-12(4-2)11-16-13(17)14(15)9-6-7-10-14;/h12H,3-11,15H2,1-2H3,(H,16,17);1H. The Morgan fingerprint density at radius 2 is 1.94 bits per heavy atom. The summed E-state index contributed by atoms with van der Waals surface area (Å²) in [6, 6.07) is 0. The van der Waals surface area contributed by atoms with Gasteiger partial charge in [-0.25, -0.2) is 0 Å². The van der Waals surface area contributed by atoms with Gasteiger partial charge >= 0.3 is 0 Å². The van der Waals surface area contributed by atoms with Crippen molar-refractivity contribution >= 4 is 18.3 Å². The third kappa shape index (κ3) is 5.15. The zero-order chi connectivity index (χ0) is 12.7. The van der Waals surface area contributed by atoms with E-state index in [4.69, 9.17) is 5.73 Å². The smallest absolute Gasteiger partial charge is 0.240 e. The highest BCUT2D eigenvalue weighted by molar-refractivity contribution is 5.86. The molecule has 0 aromatic carbocycles. The summed E-state index contributed by atoms with van der Waals surface area (Å²) in [4.78, 5) is 12.0. The number of carbonyl (C=O) groups excluding carboxylic acids is 1. The number of rotatable bonds is 7. The lowest BCUT2D eigenvalue weighted by Gasteiger charge is -2.24. The molecule has 0 aromatic rings. The van der Waals surface area contributed by atoms with Gasteiger partial charge in [0.25, 0.3) is 0 Å². The van der Waals surface area contributed by atoms with Gasteiger partial charge in [0.15, 0.2) is 0 Å². The molecular formula is C14H29ClN2O. The maximum absolute atomic E-state index is 12.0. The van der Waals surface area contributed by atoms with Gasteiger partial charge in [-0.15, -0.1) is 12.4 Å². The third-order valence-electron chi connectivity index (χ3n) is 4.04. The maximum Gasteiger partial charge on any atom is 0.240 e. The molecule has 0 spiro atoms. The van der Waals surface area contributed by atoms with Crippen molar-refractivity contribution in [2.45, 2.75) is 70.8 Å². The van der Waals surface area contributed by atoms with Crippen LogP contribution in [0.1, 0.15) is 65.2 Å². The summed E-state index contributed by atoms with van der Waals surface area (Å²) in [5, 5.41) is 3.06. The first kappa shape index (κ1) is 17.7. The molecule has 1 fully saturated rings. The topological polar surface area (TPSA) is 55.1 Å². The Hall–Kier alpha value is -0.280. The Morgan fingerprint density at radius 1 is 1.33 bits per heavy atom. The minimum Gasteiger partial charge on any atom is -0.354 e. The van der Waals surface area contributed by atoms with Crippen LogP contribution < -0.4 is 11.1 Å². The average molecular weight is 277 g/mol. The second-order valence-electron chi connectivity index (χ2n) is 5.49.